The van der Waals surface area contributed by atoms with Gasteiger partial charge in [-0.05, 0) is 41.5 Å². The molecule has 0 saturated carbocycles. The third-order valence-corrected chi connectivity index (χ3v) is 6.44. The van der Waals surface area contributed by atoms with Crippen LogP contribution in [0.2, 0.25) is 0 Å². The van der Waals surface area contributed by atoms with Crippen molar-refractivity contribution in [1.82, 2.24) is 25.1 Å². The molecule has 2 aromatic carbocycles. The molecule has 2 saturated heterocycles. The van der Waals surface area contributed by atoms with E-state index in [1.165, 1.54) is 5.69 Å². The fourth-order valence-electron chi connectivity index (χ4n) is 4.79. The molecule has 2 aliphatic heterocycles. The number of methoxy groups -OCH3 is 1. The Morgan fingerprint density at radius 2 is 1.81 bits per heavy atom. The van der Waals surface area contributed by atoms with Crippen LogP contribution in [-0.4, -0.2) is 71.1 Å². The molecule has 1 aromatic heterocycles. The predicted octanol–water partition coefficient (Wildman–Crippen LogP) is 2.77. The lowest BCUT2D eigenvalue weighted by Gasteiger charge is -2.40. The summed E-state index contributed by atoms with van der Waals surface area (Å²) in [6, 6.07) is 18.7. The highest BCUT2D eigenvalue weighted by Crippen LogP contribution is 2.35. The van der Waals surface area contributed by atoms with Crippen LogP contribution in [0, 0.1) is 0 Å². The molecule has 5 rings (SSSR count). The van der Waals surface area contributed by atoms with Crippen molar-refractivity contribution in [2.24, 2.45) is 0 Å². The molecule has 3 heterocycles. The molecule has 0 bridgehead atoms. The maximum Gasteiger partial charge on any atom is 0.173 e. The molecule has 0 amide bonds. The van der Waals surface area contributed by atoms with E-state index < -0.39 is 0 Å². The summed E-state index contributed by atoms with van der Waals surface area (Å²) >= 11 is 0. The third-order valence-electron chi connectivity index (χ3n) is 6.44. The number of piperazine rings is 1. The van der Waals surface area contributed by atoms with Crippen LogP contribution in [0.25, 0.3) is 0 Å². The van der Waals surface area contributed by atoms with Gasteiger partial charge in [0.25, 0.3) is 0 Å². The topological polar surface area (TPSA) is 68.5 Å². The van der Waals surface area contributed by atoms with Crippen molar-refractivity contribution in [3.63, 3.8) is 0 Å². The molecule has 32 heavy (non-hydrogen) atoms. The number of tetrazole rings is 1. The predicted molar refractivity (Wildman–Crippen MR) is 122 cm³/mol. The van der Waals surface area contributed by atoms with Gasteiger partial charge in [-0.15, -0.1) is 5.10 Å². The molecule has 2 aliphatic rings. The second kappa shape index (κ2) is 9.67. The summed E-state index contributed by atoms with van der Waals surface area (Å²) < 4.78 is 13.5. The van der Waals surface area contributed by atoms with E-state index in [0.29, 0.717) is 6.54 Å². The summed E-state index contributed by atoms with van der Waals surface area (Å²) in [6.45, 7) is 5.21. The molecule has 0 aliphatic carbocycles. The smallest absolute Gasteiger partial charge is 0.173 e. The van der Waals surface area contributed by atoms with Crippen LogP contribution >= 0.6 is 0 Å². The first-order chi connectivity index (χ1) is 15.8. The Hall–Kier alpha value is -2.97. The van der Waals surface area contributed by atoms with E-state index in [2.05, 4.69) is 67.8 Å². The number of aromatic nitrogens is 4. The molecule has 3 aromatic rings. The van der Waals surface area contributed by atoms with Crippen LogP contribution in [0.4, 0.5) is 5.69 Å². The summed E-state index contributed by atoms with van der Waals surface area (Å²) in [5.41, 5.74) is 2.36. The van der Waals surface area contributed by atoms with Crippen LogP contribution in [-0.2, 0) is 11.3 Å². The SMILES string of the molecule is COc1ccccc1[C@@H](c1nnnn1C[C@@H]1CCCO1)N1CCN(c2ccccc2)CC1. The average Bonchev–Trinajstić information content (AvgIpc) is 3.54. The monoisotopic (exact) mass is 434 g/mol. The van der Waals surface area contributed by atoms with Gasteiger partial charge in [-0.25, -0.2) is 4.68 Å². The van der Waals surface area contributed by atoms with Gasteiger partial charge in [-0.3, -0.25) is 4.90 Å². The fraction of sp³-hybridized carbons (Fsp3) is 0.458. The van der Waals surface area contributed by atoms with Crippen LogP contribution in [0.1, 0.15) is 30.3 Å². The third kappa shape index (κ3) is 4.33. The Labute approximate surface area is 188 Å². The summed E-state index contributed by atoms with van der Waals surface area (Å²) in [5.74, 6) is 1.70. The Morgan fingerprint density at radius 1 is 1.03 bits per heavy atom. The minimum atomic E-state index is -0.0829. The molecular weight excluding hydrogens is 404 g/mol. The summed E-state index contributed by atoms with van der Waals surface area (Å²) in [7, 11) is 1.72. The zero-order valence-electron chi connectivity index (χ0n) is 18.5. The standard InChI is InChI=1S/C24H30N6O2/c1-31-22-12-6-5-11-21(22)23(24-25-26-27-30(24)18-20-10-7-17-32-20)29-15-13-28(14-16-29)19-8-3-2-4-9-19/h2-6,8-9,11-12,20,23H,7,10,13-18H2,1H3/t20-,23-/m0/s1. The number of nitrogens with zero attached hydrogens (tertiary/aromatic N) is 6. The lowest BCUT2D eigenvalue weighted by molar-refractivity contribution is 0.0906. The molecule has 168 valence electrons. The highest BCUT2D eigenvalue weighted by atomic mass is 16.5. The first-order valence-corrected chi connectivity index (χ1v) is 11.4. The summed E-state index contributed by atoms with van der Waals surface area (Å²) in [5, 5.41) is 12.9. The molecule has 2 atom stereocenters. The molecule has 0 N–H and O–H groups in total. The number of hydrogen-bond donors (Lipinski definition) is 0. The van der Waals surface area contributed by atoms with Gasteiger partial charge >= 0.3 is 0 Å². The van der Waals surface area contributed by atoms with Crippen molar-refractivity contribution in [2.75, 3.05) is 44.8 Å². The van der Waals surface area contributed by atoms with Crippen LogP contribution in [0.5, 0.6) is 5.75 Å². The van der Waals surface area contributed by atoms with Crippen LogP contribution in [0.3, 0.4) is 0 Å². The lowest BCUT2D eigenvalue weighted by Crippen LogP contribution is -2.48. The van der Waals surface area contributed by atoms with Crippen molar-refractivity contribution in [3.8, 4) is 5.75 Å². The highest BCUT2D eigenvalue weighted by molar-refractivity contribution is 5.46. The quantitative estimate of drug-likeness (QED) is 0.566. The van der Waals surface area contributed by atoms with Gasteiger partial charge in [-0.2, -0.15) is 0 Å². The van der Waals surface area contributed by atoms with Gasteiger partial charge in [-0.1, -0.05) is 36.4 Å². The second-order valence-corrected chi connectivity index (χ2v) is 8.36. The van der Waals surface area contributed by atoms with Gasteiger partial charge in [0.05, 0.1) is 19.8 Å². The van der Waals surface area contributed by atoms with Gasteiger partial charge in [0, 0.05) is 44.0 Å². The van der Waals surface area contributed by atoms with Gasteiger partial charge in [0.2, 0.25) is 0 Å². The van der Waals surface area contributed by atoms with Crippen LogP contribution < -0.4 is 9.64 Å². The van der Waals surface area contributed by atoms with E-state index in [-0.39, 0.29) is 12.1 Å². The van der Waals surface area contributed by atoms with Gasteiger partial charge in [0.15, 0.2) is 5.82 Å². The second-order valence-electron chi connectivity index (χ2n) is 8.36. The molecule has 2 fully saturated rings. The van der Waals surface area contributed by atoms with Gasteiger partial charge in [0.1, 0.15) is 11.8 Å². The Morgan fingerprint density at radius 3 is 2.56 bits per heavy atom. The molecule has 8 heteroatoms. The Balaban J connectivity index is 1.43. The molecule has 0 unspecified atom stereocenters. The maximum atomic E-state index is 5.86. The number of rotatable bonds is 7. The molecule has 0 spiro atoms. The largest absolute Gasteiger partial charge is 0.496 e. The number of anilines is 1. The van der Waals surface area contributed by atoms with Gasteiger partial charge < -0.3 is 14.4 Å². The Kier molecular flexibility index (Phi) is 6.31. The average molecular weight is 435 g/mol. The molecule has 0 radical (unpaired) electrons. The van der Waals surface area contributed by atoms with Crippen molar-refractivity contribution >= 4 is 5.69 Å². The lowest BCUT2D eigenvalue weighted by atomic mass is 10.0. The zero-order chi connectivity index (χ0) is 21.8. The van der Waals surface area contributed by atoms with E-state index in [0.717, 1.165) is 62.8 Å². The summed E-state index contributed by atoms with van der Waals surface area (Å²) in [6.07, 6.45) is 2.32. The van der Waals surface area contributed by atoms with Crippen molar-refractivity contribution in [1.29, 1.82) is 0 Å². The van der Waals surface area contributed by atoms with E-state index >= 15 is 0 Å². The minimum Gasteiger partial charge on any atom is -0.496 e. The zero-order valence-corrected chi connectivity index (χ0v) is 18.5. The fourth-order valence-corrected chi connectivity index (χ4v) is 4.79. The van der Waals surface area contributed by atoms with E-state index in [1.807, 2.05) is 16.8 Å². The maximum absolute atomic E-state index is 5.86. The first kappa shape index (κ1) is 20.9. The van der Waals surface area contributed by atoms with Crippen molar-refractivity contribution in [2.45, 2.75) is 31.5 Å². The normalized spacial score (nSPS) is 20.4. The first-order valence-electron chi connectivity index (χ1n) is 11.4. The van der Waals surface area contributed by atoms with Crippen LogP contribution in [0.15, 0.2) is 54.6 Å². The van der Waals surface area contributed by atoms with Crippen molar-refractivity contribution < 1.29 is 9.47 Å². The van der Waals surface area contributed by atoms with E-state index in [4.69, 9.17) is 9.47 Å². The number of benzene rings is 2. The number of hydrogen-bond acceptors (Lipinski definition) is 7. The van der Waals surface area contributed by atoms with Crippen molar-refractivity contribution in [3.05, 3.63) is 66.0 Å². The summed E-state index contributed by atoms with van der Waals surface area (Å²) in [4.78, 5) is 4.90. The minimum absolute atomic E-state index is 0.0829. The van der Waals surface area contributed by atoms with E-state index in [1.54, 1.807) is 7.11 Å². The number of para-hydroxylation sites is 2. The van der Waals surface area contributed by atoms with E-state index in [9.17, 15) is 0 Å². The number of ether oxygens (including phenoxy) is 2. The highest BCUT2D eigenvalue weighted by Gasteiger charge is 2.33. The molecular formula is C24H30N6O2. The molecule has 8 nitrogen and oxygen atoms in total. The Bertz CT molecular complexity index is 996.